The Balaban J connectivity index is 2.23. The van der Waals surface area contributed by atoms with Crippen LogP contribution in [0.15, 0.2) is 34.9 Å². The molecule has 0 fully saturated rings. The Morgan fingerprint density at radius 1 is 1.47 bits per heavy atom. The summed E-state index contributed by atoms with van der Waals surface area (Å²) in [4.78, 5) is 4.31. The van der Waals surface area contributed by atoms with Gasteiger partial charge in [-0.2, -0.15) is 0 Å². The fourth-order valence-electron chi connectivity index (χ4n) is 1.66. The molecule has 1 aromatic heterocycles. The molecule has 0 amide bonds. The third-order valence-corrected chi connectivity index (χ3v) is 3.18. The van der Waals surface area contributed by atoms with E-state index in [2.05, 4.69) is 51.9 Å². The van der Waals surface area contributed by atoms with Crippen LogP contribution in [0.5, 0.6) is 0 Å². The van der Waals surface area contributed by atoms with E-state index in [0.717, 1.165) is 23.8 Å². The minimum absolute atomic E-state index is 0.150. The fraction of sp³-hybridized carbons (Fsp3) is 0.308. The maximum absolute atomic E-state index is 5.76. The van der Waals surface area contributed by atoms with E-state index in [4.69, 9.17) is 4.42 Å². The van der Waals surface area contributed by atoms with Gasteiger partial charge in [0.2, 0.25) is 5.89 Å². The average Bonchev–Trinajstić information content (AvgIpc) is 2.78. The number of rotatable bonds is 4. The summed E-state index contributed by atoms with van der Waals surface area (Å²) in [6.07, 6.45) is 1.79. The Bertz CT molecular complexity index is 496. The molecule has 1 heterocycles. The van der Waals surface area contributed by atoms with Gasteiger partial charge in [0.1, 0.15) is 0 Å². The van der Waals surface area contributed by atoms with Crippen molar-refractivity contribution in [2.75, 3.05) is 6.54 Å². The van der Waals surface area contributed by atoms with E-state index in [1.807, 2.05) is 19.1 Å². The highest BCUT2D eigenvalue weighted by atomic mass is 127. The number of nitrogens with one attached hydrogen (secondary N) is 1. The molecule has 1 unspecified atom stereocenters. The molecule has 1 N–H and O–H groups in total. The number of benzene rings is 1. The van der Waals surface area contributed by atoms with Gasteiger partial charge in [-0.1, -0.05) is 19.1 Å². The molecule has 0 saturated carbocycles. The molecule has 0 spiro atoms. The first-order chi connectivity index (χ1) is 8.20. The smallest absolute Gasteiger partial charge is 0.211 e. The van der Waals surface area contributed by atoms with Crippen LogP contribution in [0, 0.1) is 3.57 Å². The lowest BCUT2D eigenvalue weighted by Crippen LogP contribution is -2.17. The van der Waals surface area contributed by atoms with E-state index in [1.165, 1.54) is 3.57 Å². The molecular formula is C13H15IN2O. The molecule has 3 nitrogen and oxygen atoms in total. The number of nitrogens with zero attached hydrogens (tertiary/aromatic N) is 1. The van der Waals surface area contributed by atoms with Gasteiger partial charge in [-0.3, -0.25) is 0 Å². The number of hydrogen-bond donors (Lipinski definition) is 1. The van der Waals surface area contributed by atoms with Crippen molar-refractivity contribution < 1.29 is 4.42 Å². The first-order valence-electron chi connectivity index (χ1n) is 5.65. The molecule has 0 saturated heterocycles. The van der Waals surface area contributed by atoms with Crippen molar-refractivity contribution in [2.24, 2.45) is 0 Å². The van der Waals surface area contributed by atoms with Gasteiger partial charge in [0, 0.05) is 9.13 Å². The van der Waals surface area contributed by atoms with E-state index < -0.39 is 0 Å². The quantitative estimate of drug-likeness (QED) is 0.863. The van der Waals surface area contributed by atoms with Gasteiger partial charge in [0.25, 0.3) is 0 Å². The summed E-state index contributed by atoms with van der Waals surface area (Å²) in [6.45, 7) is 5.02. The molecule has 90 valence electrons. The largest absolute Gasteiger partial charge is 0.439 e. The Labute approximate surface area is 115 Å². The van der Waals surface area contributed by atoms with Crippen LogP contribution in [-0.4, -0.2) is 11.5 Å². The predicted molar refractivity (Wildman–Crippen MR) is 76.7 cm³/mol. The Kier molecular flexibility index (Phi) is 4.17. The fourth-order valence-corrected chi connectivity index (χ4v) is 2.20. The molecule has 0 bridgehead atoms. The second-order valence-corrected chi connectivity index (χ2v) is 5.10. The van der Waals surface area contributed by atoms with Crippen molar-refractivity contribution in [2.45, 2.75) is 19.9 Å². The van der Waals surface area contributed by atoms with Crippen LogP contribution in [0.3, 0.4) is 0 Å². The van der Waals surface area contributed by atoms with Crippen LogP contribution in [0.2, 0.25) is 0 Å². The molecule has 0 aliphatic heterocycles. The SMILES string of the molecule is CCNC(C)c1ncc(-c2cccc(I)c2)o1. The Morgan fingerprint density at radius 2 is 2.29 bits per heavy atom. The lowest BCUT2D eigenvalue weighted by molar-refractivity contribution is 0.429. The van der Waals surface area contributed by atoms with Crippen LogP contribution in [-0.2, 0) is 0 Å². The van der Waals surface area contributed by atoms with Crippen molar-refractivity contribution in [3.05, 3.63) is 39.9 Å². The summed E-state index contributed by atoms with van der Waals surface area (Å²) in [7, 11) is 0. The standard InChI is InChI=1S/C13H15IN2O/c1-3-15-9(2)13-16-8-12(17-13)10-5-4-6-11(14)7-10/h4-9,15H,3H2,1-2H3. The lowest BCUT2D eigenvalue weighted by atomic mass is 10.2. The summed E-state index contributed by atoms with van der Waals surface area (Å²) in [5.74, 6) is 1.56. The van der Waals surface area contributed by atoms with E-state index in [1.54, 1.807) is 6.20 Å². The monoisotopic (exact) mass is 342 g/mol. The van der Waals surface area contributed by atoms with Gasteiger partial charge in [0.05, 0.1) is 12.2 Å². The van der Waals surface area contributed by atoms with Crippen LogP contribution in [0.1, 0.15) is 25.8 Å². The summed E-state index contributed by atoms with van der Waals surface area (Å²) in [5, 5.41) is 3.28. The molecule has 2 rings (SSSR count). The summed E-state index contributed by atoms with van der Waals surface area (Å²) >= 11 is 2.29. The van der Waals surface area contributed by atoms with Crippen LogP contribution in [0.4, 0.5) is 0 Å². The Hall–Kier alpha value is -0.880. The molecular weight excluding hydrogens is 327 g/mol. The molecule has 1 atom stereocenters. The van der Waals surface area contributed by atoms with Gasteiger partial charge < -0.3 is 9.73 Å². The predicted octanol–water partition coefficient (Wildman–Crippen LogP) is 3.62. The van der Waals surface area contributed by atoms with Crippen LogP contribution < -0.4 is 5.32 Å². The Morgan fingerprint density at radius 3 is 3.00 bits per heavy atom. The minimum Gasteiger partial charge on any atom is -0.439 e. The van der Waals surface area contributed by atoms with Gasteiger partial charge in [0.15, 0.2) is 5.76 Å². The van der Waals surface area contributed by atoms with E-state index >= 15 is 0 Å². The maximum Gasteiger partial charge on any atom is 0.211 e. The van der Waals surface area contributed by atoms with E-state index in [-0.39, 0.29) is 6.04 Å². The van der Waals surface area contributed by atoms with Crippen molar-refractivity contribution in [1.82, 2.24) is 10.3 Å². The number of hydrogen-bond acceptors (Lipinski definition) is 3. The minimum atomic E-state index is 0.150. The zero-order valence-corrected chi connectivity index (χ0v) is 12.1. The highest BCUT2D eigenvalue weighted by Crippen LogP contribution is 2.24. The average molecular weight is 342 g/mol. The first-order valence-corrected chi connectivity index (χ1v) is 6.73. The van der Waals surface area contributed by atoms with Gasteiger partial charge >= 0.3 is 0 Å². The van der Waals surface area contributed by atoms with E-state index in [0.29, 0.717) is 0 Å². The summed E-state index contributed by atoms with van der Waals surface area (Å²) < 4.78 is 6.95. The van der Waals surface area contributed by atoms with Crippen molar-refractivity contribution in [3.63, 3.8) is 0 Å². The molecule has 4 heteroatoms. The van der Waals surface area contributed by atoms with Crippen molar-refractivity contribution in [1.29, 1.82) is 0 Å². The van der Waals surface area contributed by atoms with Crippen molar-refractivity contribution in [3.8, 4) is 11.3 Å². The number of aromatic nitrogens is 1. The van der Waals surface area contributed by atoms with Crippen LogP contribution >= 0.6 is 22.6 Å². The second-order valence-electron chi connectivity index (χ2n) is 3.85. The molecule has 1 aromatic carbocycles. The highest BCUT2D eigenvalue weighted by Gasteiger charge is 2.12. The van der Waals surface area contributed by atoms with Gasteiger partial charge in [-0.05, 0) is 48.2 Å². The molecule has 0 radical (unpaired) electrons. The number of halogens is 1. The third-order valence-electron chi connectivity index (χ3n) is 2.51. The third kappa shape index (κ3) is 3.07. The second kappa shape index (κ2) is 5.64. The summed E-state index contributed by atoms with van der Waals surface area (Å²) in [6, 6.07) is 8.35. The highest BCUT2D eigenvalue weighted by molar-refractivity contribution is 14.1. The van der Waals surface area contributed by atoms with Gasteiger partial charge in [-0.25, -0.2) is 4.98 Å². The topological polar surface area (TPSA) is 38.1 Å². The van der Waals surface area contributed by atoms with E-state index in [9.17, 15) is 0 Å². The molecule has 0 aliphatic rings. The molecule has 0 aliphatic carbocycles. The molecule has 2 aromatic rings. The van der Waals surface area contributed by atoms with Crippen LogP contribution in [0.25, 0.3) is 11.3 Å². The zero-order valence-electron chi connectivity index (χ0n) is 9.90. The maximum atomic E-state index is 5.76. The summed E-state index contributed by atoms with van der Waals surface area (Å²) in [5.41, 5.74) is 1.07. The lowest BCUT2D eigenvalue weighted by Gasteiger charge is -2.06. The van der Waals surface area contributed by atoms with Gasteiger partial charge in [-0.15, -0.1) is 0 Å². The normalized spacial score (nSPS) is 12.6. The van der Waals surface area contributed by atoms with Crippen molar-refractivity contribution >= 4 is 22.6 Å². The molecule has 17 heavy (non-hydrogen) atoms. The first kappa shape index (κ1) is 12.6. The number of oxazole rings is 1. The zero-order chi connectivity index (χ0) is 12.3.